The Morgan fingerprint density at radius 2 is 1.96 bits per heavy atom. The highest BCUT2D eigenvalue weighted by Gasteiger charge is 2.18. The summed E-state index contributed by atoms with van der Waals surface area (Å²) >= 11 is 0. The van der Waals surface area contributed by atoms with Gasteiger partial charge in [0, 0.05) is 17.5 Å². The van der Waals surface area contributed by atoms with Gasteiger partial charge in [-0.15, -0.1) is 0 Å². The highest BCUT2D eigenvalue weighted by atomic mass is 16.5. The van der Waals surface area contributed by atoms with Crippen molar-refractivity contribution in [2.24, 2.45) is 0 Å². The fourth-order valence-corrected chi connectivity index (χ4v) is 2.77. The van der Waals surface area contributed by atoms with E-state index in [2.05, 4.69) is 24.4 Å². The molecule has 124 valence electrons. The van der Waals surface area contributed by atoms with Crippen molar-refractivity contribution in [3.05, 3.63) is 65.4 Å². The number of rotatable bonds is 5. The van der Waals surface area contributed by atoms with Crippen molar-refractivity contribution in [3.63, 3.8) is 0 Å². The largest absolute Gasteiger partial charge is 0.497 e. The summed E-state index contributed by atoms with van der Waals surface area (Å²) in [5.74, 6) is 1.15. The number of nitrogens with one attached hydrogen (secondary N) is 1. The molecule has 1 heterocycles. The SMILES string of the molecule is COc1ccc2oc(C(=O)NCC(C)c3ccccc3)c(C)c2c1. The van der Waals surface area contributed by atoms with Crippen LogP contribution >= 0.6 is 0 Å². The summed E-state index contributed by atoms with van der Waals surface area (Å²) in [6, 6.07) is 15.7. The van der Waals surface area contributed by atoms with Crippen LogP contribution in [0.5, 0.6) is 5.75 Å². The lowest BCUT2D eigenvalue weighted by Gasteiger charge is -2.12. The molecule has 1 N–H and O–H groups in total. The van der Waals surface area contributed by atoms with Crippen molar-refractivity contribution in [1.29, 1.82) is 0 Å². The molecule has 1 aromatic heterocycles. The van der Waals surface area contributed by atoms with Crippen molar-refractivity contribution in [1.82, 2.24) is 5.32 Å². The lowest BCUT2D eigenvalue weighted by Crippen LogP contribution is -2.27. The number of furan rings is 1. The van der Waals surface area contributed by atoms with E-state index in [1.165, 1.54) is 5.56 Å². The molecule has 0 aliphatic heterocycles. The van der Waals surface area contributed by atoms with Crippen molar-refractivity contribution in [3.8, 4) is 5.75 Å². The Morgan fingerprint density at radius 1 is 1.21 bits per heavy atom. The average molecular weight is 323 g/mol. The molecule has 0 aliphatic carbocycles. The van der Waals surface area contributed by atoms with Crippen LogP contribution in [0, 0.1) is 6.92 Å². The van der Waals surface area contributed by atoms with Gasteiger partial charge in [-0.3, -0.25) is 4.79 Å². The number of ether oxygens (including phenoxy) is 1. The molecule has 24 heavy (non-hydrogen) atoms. The normalized spacial score (nSPS) is 12.1. The second kappa shape index (κ2) is 6.79. The maximum atomic E-state index is 12.5. The van der Waals surface area contributed by atoms with Gasteiger partial charge in [0.2, 0.25) is 0 Å². The van der Waals surface area contributed by atoms with E-state index in [0.717, 1.165) is 16.7 Å². The van der Waals surface area contributed by atoms with Gasteiger partial charge in [0.05, 0.1) is 7.11 Å². The number of hydrogen-bond acceptors (Lipinski definition) is 3. The van der Waals surface area contributed by atoms with Crippen LogP contribution in [0.1, 0.15) is 34.5 Å². The number of fused-ring (bicyclic) bond motifs is 1. The van der Waals surface area contributed by atoms with E-state index in [1.807, 2.05) is 43.3 Å². The van der Waals surface area contributed by atoms with Crippen LogP contribution in [0.15, 0.2) is 52.9 Å². The van der Waals surface area contributed by atoms with Crippen LogP contribution in [0.2, 0.25) is 0 Å². The van der Waals surface area contributed by atoms with Crippen LogP contribution in [0.4, 0.5) is 0 Å². The van der Waals surface area contributed by atoms with E-state index < -0.39 is 0 Å². The Balaban J connectivity index is 1.75. The lowest BCUT2D eigenvalue weighted by molar-refractivity contribution is 0.0925. The van der Waals surface area contributed by atoms with E-state index in [0.29, 0.717) is 17.9 Å². The second-order valence-corrected chi connectivity index (χ2v) is 5.94. The summed E-state index contributed by atoms with van der Waals surface area (Å²) in [6.45, 7) is 4.54. The molecule has 1 atom stereocenters. The topological polar surface area (TPSA) is 51.5 Å². The van der Waals surface area contributed by atoms with Crippen LogP contribution in [-0.2, 0) is 0 Å². The maximum Gasteiger partial charge on any atom is 0.287 e. The molecule has 0 bridgehead atoms. The van der Waals surface area contributed by atoms with E-state index in [4.69, 9.17) is 9.15 Å². The zero-order valence-corrected chi connectivity index (χ0v) is 14.1. The van der Waals surface area contributed by atoms with Crippen LogP contribution in [0.3, 0.4) is 0 Å². The van der Waals surface area contributed by atoms with Crippen molar-refractivity contribution in [2.45, 2.75) is 19.8 Å². The van der Waals surface area contributed by atoms with E-state index >= 15 is 0 Å². The maximum absolute atomic E-state index is 12.5. The summed E-state index contributed by atoms with van der Waals surface area (Å²) in [5.41, 5.74) is 2.71. The number of aryl methyl sites for hydroxylation is 1. The zero-order chi connectivity index (χ0) is 17.1. The predicted molar refractivity (Wildman–Crippen MR) is 94.7 cm³/mol. The molecule has 0 radical (unpaired) electrons. The minimum Gasteiger partial charge on any atom is -0.497 e. The first-order valence-corrected chi connectivity index (χ1v) is 8.00. The van der Waals surface area contributed by atoms with Gasteiger partial charge in [0.1, 0.15) is 11.3 Å². The quantitative estimate of drug-likeness (QED) is 0.762. The first-order valence-electron chi connectivity index (χ1n) is 8.00. The summed E-state index contributed by atoms with van der Waals surface area (Å²) in [4.78, 5) is 12.5. The number of amides is 1. The van der Waals surface area contributed by atoms with E-state index in [1.54, 1.807) is 7.11 Å². The molecule has 0 fully saturated rings. The molecular formula is C20H21NO3. The minimum atomic E-state index is -0.189. The van der Waals surface area contributed by atoms with Gasteiger partial charge in [-0.1, -0.05) is 37.3 Å². The van der Waals surface area contributed by atoms with E-state index in [-0.39, 0.29) is 11.8 Å². The molecule has 0 saturated heterocycles. The fraction of sp³-hybridized carbons (Fsp3) is 0.250. The number of carbonyl (C=O) groups excluding carboxylic acids is 1. The molecule has 3 rings (SSSR count). The molecule has 0 saturated carbocycles. The van der Waals surface area contributed by atoms with Crippen molar-refractivity contribution >= 4 is 16.9 Å². The predicted octanol–water partition coefficient (Wildman–Crippen LogP) is 4.28. The minimum absolute atomic E-state index is 0.189. The standard InChI is InChI=1S/C20H21NO3/c1-13(15-7-5-4-6-8-15)12-21-20(22)19-14(2)17-11-16(23-3)9-10-18(17)24-19/h4-11,13H,12H2,1-3H3,(H,21,22). The highest BCUT2D eigenvalue weighted by molar-refractivity contribution is 5.99. The molecule has 1 amide bonds. The Kier molecular flexibility index (Phi) is 4.56. The molecule has 4 heteroatoms. The van der Waals surface area contributed by atoms with Crippen LogP contribution in [-0.4, -0.2) is 19.6 Å². The molecule has 0 aliphatic rings. The average Bonchev–Trinajstić information content (AvgIpc) is 2.96. The lowest BCUT2D eigenvalue weighted by atomic mass is 10.0. The summed E-state index contributed by atoms with van der Waals surface area (Å²) < 4.78 is 11.0. The highest BCUT2D eigenvalue weighted by Crippen LogP contribution is 2.28. The number of hydrogen-bond donors (Lipinski definition) is 1. The Hall–Kier alpha value is -2.75. The van der Waals surface area contributed by atoms with Gasteiger partial charge in [-0.2, -0.15) is 0 Å². The second-order valence-electron chi connectivity index (χ2n) is 5.94. The summed E-state index contributed by atoms with van der Waals surface area (Å²) in [6.07, 6.45) is 0. The third-order valence-corrected chi connectivity index (χ3v) is 4.29. The van der Waals surface area contributed by atoms with Gasteiger partial charge in [0.25, 0.3) is 5.91 Å². The van der Waals surface area contributed by atoms with Gasteiger partial charge in [-0.25, -0.2) is 0 Å². The van der Waals surface area contributed by atoms with Crippen molar-refractivity contribution < 1.29 is 13.9 Å². The number of benzene rings is 2. The number of methoxy groups -OCH3 is 1. The monoisotopic (exact) mass is 323 g/mol. The summed E-state index contributed by atoms with van der Waals surface area (Å²) in [7, 11) is 1.62. The first-order chi connectivity index (χ1) is 11.6. The molecule has 3 aromatic rings. The van der Waals surface area contributed by atoms with Gasteiger partial charge in [-0.05, 0) is 36.6 Å². The van der Waals surface area contributed by atoms with Gasteiger partial charge >= 0.3 is 0 Å². The van der Waals surface area contributed by atoms with Gasteiger partial charge < -0.3 is 14.5 Å². The Morgan fingerprint density at radius 3 is 2.67 bits per heavy atom. The molecule has 4 nitrogen and oxygen atoms in total. The van der Waals surface area contributed by atoms with Crippen LogP contribution < -0.4 is 10.1 Å². The Bertz CT molecular complexity index is 852. The molecule has 2 aromatic carbocycles. The first kappa shape index (κ1) is 16.1. The van der Waals surface area contributed by atoms with E-state index in [9.17, 15) is 4.79 Å². The molecular weight excluding hydrogens is 302 g/mol. The van der Waals surface area contributed by atoms with Gasteiger partial charge in [0.15, 0.2) is 5.76 Å². The number of carbonyl (C=O) groups is 1. The zero-order valence-electron chi connectivity index (χ0n) is 14.1. The smallest absolute Gasteiger partial charge is 0.287 e. The molecule has 0 spiro atoms. The third-order valence-electron chi connectivity index (χ3n) is 4.29. The fourth-order valence-electron chi connectivity index (χ4n) is 2.77. The van der Waals surface area contributed by atoms with Crippen LogP contribution in [0.25, 0.3) is 11.0 Å². The Labute approximate surface area is 141 Å². The molecule has 1 unspecified atom stereocenters. The summed E-state index contributed by atoms with van der Waals surface area (Å²) in [5, 5.41) is 3.86. The van der Waals surface area contributed by atoms with Crippen molar-refractivity contribution in [2.75, 3.05) is 13.7 Å². The third kappa shape index (κ3) is 3.13.